The normalized spacial score (nSPS) is 22.3. The third-order valence-electron chi connectivity index (χ3n) is 5.34. The molecule has 0 aromatic carbocycles. The molecule has 0 aliphatic carbocycles. The van der Waals surface area contributed by atoms with Crippen molar-refractivity contribution < 1.29 is 23.0 Å². The van der Waals surface area contributed by atoms with E-state index in [1.807, 2.05) is 6.07 Å². The second-order valence-corrected chi connectivity index (χ2v) is 7.26. The second kappa shape index (κ2) is 8.02. The molecule has 2 aliphatic heterocycles. The fourth-order valence-electron chi connectivity index (χ4n) is 3.82. The Labute approximate surface area is 166 Å². The van der Waals surface area contributed by atoms with Gasteiger partial charge in [-0.2, -0.15) is 13.2 Å². The molecule has 0 spiro atoms. The number of halogens is 3. The van der Waals surface area contributed by atoms with Crippen LogP contribution in [0.1, 0.15) is 24.8 Å². The van der Waals surface area contributed by atoms with Crippen molar-refractivity contribution in [1.29, 1.82) is 0 Å². The van der Waals surface area contributed by atoms with Gasteiger partial charge in [0.25, 0.3) is 0 Å². The highest BCUT2D eigenvalue weighted by Crippen LogP contribution is 2.30. The van der Waals surface area contributed by atoms with E-state index in [-0.39, 0.29) is 24.6 Å². The lowest BCUT2D eigenvalue weighted by Crippen LogP contribution is -2.33. The number of hydrogen-bond donors (Lipinski definition) is 1. The first-order chi connectivity index (χ1) is 13.9. The molecule has 4 heterocycles. The summed E-state index contributed by atoms with van der Waals surface area (Å²) < 4.78 is 43.7. The van der Waals surface area contributed by atoms with Crippen LogP contribution in [0.2, 0.25) is 0 Å². The predicted octanol–water partition coefficient (Wildman–Crippen LogP) is 2.51. The largest absolute Gasteiger partial charge is 0.472 e. The lowest BCUT2D eigenvalue weighted by atomic mass is 10.2. The molecule has 1 N–H and O–H groups in total. The van der Waals surface area contributed by atoms with Gasteiger partial charge >= 0.3 is 6.18 Å². The molecule has 0 bridgehead atoms. The molecule has 0 radical (unpaired) electrons. The zero-order valence-corrected chi connectivity index (χ0v) is 15.7. The third-order valence-corrected chi connectivity index (χ3v) is 5.34. The van der Waals surface area contributed by atoms with Crippen molar-refractivity contribution in [3.63, 3.8) is 0 Å². The number of aliphatic hydroxyl groups excluding tert-OH is 1. The van der Waals surface area contributed by atoms with E-state index in [1.165, 1.54) is 12.4 Å². The topological polar surface area (TPSA) is 74.6 Å². The molecule has 156 valence electrons. The summed E-state index contributed by atoms with van der Waals surface area (Å²) in [5.41, 5.74) is -0.797. The summed E-state index contributed by atoms with van der Waals surface area (Å²) in [6.07, 6.45) is 0.375. The Morgan fingerprint density at radius 1 is 1.10 bits per heavy atom. The fourth-order valence-corrected chi connectivity index (χ4v) is 3.82. The molecule has 2 aromatic rings. The van der Waals surface area contributed by atoms with Gasteiger partial charge in [0, 0.05) is 37.8 Å². The number of hydrogen-bond acceptors (Lipinski definition) is 7. The van der Waals surface area contributed by atoms with E-state index in [1.54, 1.807) is 0 Å². The van der Waals surface area contributed by atoms with Crippen LogP contribution in [-0.2, 0) is 6.18 Å². The van der Waals surface area contributed by atoms with E-state index in [4.69, 9.17) is 4.74 Å². The molecule has 4 rings (SSSR count). The Morgan fingerprint density at radius 3 is 2.66 bits per heavy atom. The van der Waals surface area contributed by atoms with Crippen LogP contribution < -0.4 is 14.5 Å². The van der Waals surface area contributed by atoms with Crippen LogP contribution >= 0.6 is 0 Å². The van der Waals surface area contributed by atoms with Crippen LogP contribution in [0.3, 0.4) is 0 Å². The van der Waals surface area contributed by atoms with Gasteiger partial charge in [0.15, 0.2) is 0 Å². The molecule has 0 saturated carbocycles. The Balaban J connectivity index is 1.39. The number of rotatable bonds is 5. The standard InChI is InChI=1S/C19H22F3N5O2/c20-19(21,22)13-3-4-18(23-9-13)29-15-5-7-26(10-15)16-8-17(25-12-24-16)27-6-1-2-14(27)11-28/h3-4,8-9,12,14-15,28H,1-2,5-7,10-11H2. The van der Waals surface area contributed by atoms with Crippen molar-refractivity contribution in [3.05, 3.63) is 36.3 Å². The SMILES string of the molecule is OCC1CCCN1c1cc(N2CCC(Oc3ccc(C(F)(F)F)cn3)C2)ncn1. The van der Waals surface area contributed by atoms with Crippen molar-refractivity contribution in [1.82, 2.24) is 15.0 Å². The number of aliphatic hydroxyl groups is 1. The van der Waals surface area contributed by atoms with Crippen molar-refractivity contribution in [2.75, 3.05) is 36.0 Å². The maximum atomic E-state index is 12.6. The molecule has 2 atom stereocenters. The maximum absolute atomic E-state index is 12.6. The highest BCUT2D eigenvalue weighted by Gasteiger charge is 2.31. The summed E-state index contributed by atoms with van der Waals surface area (Å²) in [7, 11) is 0. The monoisotopic (exact) mass is 409 g/mol. The first-order valence-corrected chi connectivity index (χ1v) is 9.58. The van der Waals surface area contributed by atoms with Gasteiger partial charge in [-0.3, -0.25) is 0 Å². The smallest absolute Gasteiger partial charge is 0.417 e. The number of pyridine rings is 1. The zero-order chi connectivity index (χ0) is 20.4. The zero-order valence-electron chi connectivity index (χ0n) is 15.7. The Kier molecular flexibility index (Phi) is 5.44. The minimum atomic E-state index is -4.41. The molecule has 2 aliphatic rings. The quantitative estimate of drug-likeness (QED) is 0.813. The van der Waals surface area contributed by atoms with Crippen LogP contribution in [0, 0.1) is 0 Å². The van der Waals surface area contributed by atoms with E-state index in [0.717, 1.165) is 43.3 Å². The molecule has 0 amide bonds. The van der Waals surface area contributed by atoms with Gasteiger partial charge < -0.3 is 19.6 Å². The van der Waals surface area contributed by atoms with Gasteiger partial charge in [0.05, 0.1) is 24.8 Å². The third kappa shape index (κ3) is 4.36. The van der Waals surface area contributed by atoms with Crippen molar-refractivity contribution >= 4 is 11.6 Å². The molecule has 29 heavy (non-hydrogen) atoms. The fraction of sp³-hybridized carbons (Fsp3) is 0.526. The van der Waals surface area contributed by atoms with E-state index in [2.05, 4.69) is 24.8 Å². The number of alkyl halides is 3. The van der Waals surface area contributed by atoms with Crippen LogP contribution in [0.5, 0.6) is 5.88 Å². The van der Waals surface area contributed by atoms with Crippen LogP contribution in [-0.4, -0.2) is 58.4 Å². The van der Waals surface area contributed by atoms with Gasteiger partial charge in [-0.15, -0.1) is 0 Å². The number of ether oxygens (including phenoxy) is 1. The molecule has 2 fully saturated rings. The predicted molar refractivity (Wildman–Crippen MR) is 100.0 cm³/mol. The van der Waals surface area contributed by atoms with E-state index >= 15 is 0 Å². The van der Waals surface area contributed by atoms with Crippen LogP contribution in [0.4, 0.5) is 24.8 Å². The number of aromatic nitrogens is 3. The molecule has 7 nitrogen and oxygen atoms in total. The van der Waals surface area contributed by atoms with Crippen LogP contribution in [0.15, 0.2) is 30.7 Å². The lowest BCUT2D eigenvalue weighted by Gasteiger charge is -2.25. The van der Waals surface area contributed by atoms with Crippen molar-refractivity contribution in [2.24, 2.45) is 0 Å². The molecule has 10 heteroatoms. The Bertz CT molecular complexity index is 833. The molecule has 2 unspecified atom stereocenters. The highest BCUT2D eigenvalue weighted by atomic mass is 19.4. The molecule has 2 saturated heterocycles. The minimum absolute atomic E-state index is 0.0816. The number of nitrogens with zero attached hydrogens (tertiary/aromatic N) is 5. The van der Waals surface area contributed by atoms with Gasteiger partial charge in [-0.25, -0.2) is 15.0 Å². The molecular formula is C19H22F3N5O2. The summed E-state index contributed by atoms with van der Waals surface area (Å²) >= 11 is 0. The summed E-state index contributed by atoms with van der Waals surface area (Å²) in [6.45, 7) is 2.22. The lowest BCUT2D eigenvalue weighted by molar-refractivity contribution is -0.137. The maximum Gasteiger partial charge on any atom is 0.417 e. The van der Waals surface area contributed by atoms with E-state index in [9.17, 15) is 18.3 Å². The molecule has 2 aromatic heterocycles. The highest BCUT2D eigenvalue weighted by molar-refractivity contribution is 5.52. The summed E-state index contributed by atoms with van der Waals surface area (Å²) in [6, 6.07) is 4.21. The van der Waals surface area contributed by atoms with E-state index in [0.29, 0.717) is 19.5 Å². The first-order valence-electron chi connectivity index (χ1n) is 9.58. The van der Waals surface area contributed by atoms with Crippen molar-refractivity contribution in [3.8, 4) is 5.88 Å². The average Bonchev–Trinajstić information content (AvgIpc) is 3.37. The molecular weight excluding hydrogens is 387 g/mol. The van der Waals surface area contributed by atoms with Gasteiger partial charge in [0.1, 0.15) is 24.1 Å². The summed E-state index contributed by atoms with van der Waals surface area (Å²) in [4.78, 5) is 16.6. The van der Waals surface area contributed by atoms with Crippen LogP contribution in [0.25, 0.3) is 0 Å². The number of anilines is 2. The van der Waals surface area contributed by atoms with Crippen molar-refractivity contribution in [2.45, 2.75) is 37.6 Å². The first kappa shape index (κ1) is 19.7. The summed E-state index contributed by atoms with van der Waals surface area (Å²) in [5, 5.41) is 9.53. The van der Waals surface area contributed by atoms with Gasteiger partial charge in [0.2, 0.25) is 5.88 Å². The van der Waals surface area contributed by atoms with E-state index < -0.39 is 11.7 Å². The Hall–Kier alpha value is -2.62. The summed E-state index contributed by atoms with van der Waals surface area (Å²) in [5.74, 6) is 1.74. The average molecular weight is 409 g/mol. The van der Waals surface area contributed by atoms with Gasteiger partial charge in [-0.05, 0) is 18.9 Å². The second-order valence-electron chi connectivity index (χ2n) is 7.26. The minimum Gasteiger partial charge on any atom is -0.472 e. The van der Waals surface area contributed by atoms with Gasteiger partial charge in [-0.1, -0.05) is 0 Å². The Morgan fingerprint density at radius 2 is 1.93 bits per heavy atom.